The lowest BCUT2D eigenvalue weighted by molar-refractivity contribution is -0.0791. The maximum Gasteiger partial charge on any atom is 0.103 e. The number of hydrogen-bond donors (Lipinski definition) is 0. The van der Waals surface area contributed by atoms with Gasteiger partial charge >= 0.3 is 0 Å². The first kappa shape index (κ1) is 23.4. The van der Waals surface area contributed by atoms with Crippen molar-refractivity contribution in [3.8, 4) is 0 Å². The third kappa shape index (κ3) is 6.64. The van der Waals surface area contributed by atoms with Gasteiger partial charge < -0.3 is 9.47 Å². The van der Waals surface area contributed by atoms with Gasteiger partial charge in [-0.3, -0.25) is 0 Å². The quantitative estimate of drug-likeness (QED) is 0.343. The molecular formula is C30H34O2Si. The second-order valence-electron chi connectivity index (χ2n) is 9.41. The lowest BCUT2D eigenvalue weighted by Crippen LogP contribution is -2.46. The SMILES string of the molecule is C[Si](C)(C[C@@H]1C=CC=C[C@@H](OCc2ccccc2)[C@H]1OCc1ccccc1)c1ccccc1. The van der Waals surface area contributed by atoms with Crippen LogP contribution in [0.4, 0.5) is 0 Å². The fraction of sp³-hybridized carbons (Fsp3) is 0.267. The van der Waals surface area contributed by atoms with Crippen LogP contribution in [0.1, 0.15) is 11.1 Å². The van der Waals surface area contributed by atoms with Gasteiger partial charge in [0.05, 0.1) is 27.4 Å². The maximum atomic E-state index is 6.64. The van der Waals surface area contributed by atoms with Crippen molar-refractivity contribution < 1.29 is 9.47 Å². The third-order valence-corrected chi connectivity index (χ3v) is 9.78. The summed E-state index contributed by atoms with van der Waals surface area (Å²) in [4.78, 5) is 0. The molecule has 3 aromatic carbocycles. The van der Waals surface area contributed by atoms with Crippen LogP contribution >= 0.6 is 0 Å². The number of allylic oxidation sites excluding steroid dienone is 2. The van der Waals surface area contributed by atoms with Crippen LogP contribution in [0.2, 0.25) is 19.1 Å². The fourth-order valence-electron chi connectivity index (χ4n) is 4.53. The van der Waals surface area contributed by atoms with Crippen LogP contribution in [-0.4, -0.2) is 20.3 Å². The van der Waals surface area contributed by atoms with E-state index in [-0.39, 0.29) is 18.1 Å². The lowest BCUT2D eigenvalue weighted by atomic mass is 10.00. The van der Waals surface area contributed by atoms with Gasteiger partial charge in [0.2, 0.25) is 0 Å². The summed E-state index contributed by atoms with van der Waals surface area (Å²) in [6.07, 6.45) is 8.63. The molecule has 33 heavy (non-hydrogen) atoms. The molecule has 3 atom stereocenters. The van der Waals surface area contributed by atoms with Gasteiger partial charge in [-0.15, -0.1) is 0 Å². The van der Waals surface area contributed by atoms with Crippen molar-refractivity contribution in [1.29, 1.82) is 0 Å². The molecule has 0 N–H and O–H groups in total. The van der Waals surface area contributed by atoms with Crippen LogP contribution in [0.15, 0.2) is 115 Å². The van der Waals surface area contributed by atoms with Crippen LogP contribution in [0, 0.1) is 5.92 Å². The van der Waals surface area contributed by atoms with E-state index < -0.39 is 8.07 Å². The van der Waals surface area contributed by atoms with Crippen molar-refractivity contribution in [2.24, 2.45) is 5.92 Å². The Morgan fingerprint density at radius 3 is 1.76 bits per heavy atom. The summed E-state index contributed by atoms with van der Waals surface area (Å²) in [5, 5.41) is 1.49. The largest absolute Gasteiger partial charge is 0.370 e. The molecule has 1 aliphatic rings. The summed E-state index contributed by atoms with van der Waals surface area (Å²) in [6.45, 7) is 6.08. The first-order valence-corrected chi connectivity index (χ1v) is 15.0. The summed E-state index contributed by atoms with van der Waals surface area (Å²) >= 11 is 0. The highest BCUT2D eigenvalue weighted by Gasteiger charge is 2.35. The van der Waals surface area contributed by atoms with E-state index in [0.717, 1.165) is 6.04 Å². The van der Waals surface area contributed by atoms with Crippen LogP contribution in [0.25, 0.3) is 0 Å². The van der Waals surface area contributed by atoms with Crippen LogP contribution in [0.5, 0.6) is 0 Å². The molecule has 0 bridgehead atoms. The molecule has 0 fully saturated rings. The van der Waals surface area contributed by atoms with Crippen molar-refractivity contribution in [2.75, 3.05) is 0 Å². The van der Waals surface area contributed by atoms with Gasteiger partial charge in [-0.25, -0.2) is 0 Å². The smallest absolute Gasteiger partial charge is 0.103 e. The zero-order chi connectivity index (χ0) is 22.9. The molecule has 170 valence electrons. The van der Waals surface area contributed by atoms with Gasteiger partial charge in [-0.2, -0.15) is 0 Å². The minimum Gasteiger partial charge on any atom is -0.370 e. The summed E-state index contributed by atoms with van der Waals surface area (Å²) in [7, 11) is -1.67. The highest BCUT2D eigenvalue weighted by molar-refractivity contribution is 6.89. The molecular weight excluding hydrogens is 420 g/mol. The van der Waals surface area contributed by atoms with Crippen molar-refractivity contribution in [3.05, 3.63) is 126 Å². The Morgan fingerprint density at radius 1 is 0.636 bits per heavy atom. The highest BCUT2D eigenvalue weighted by Crippen LogP contribution is 2.30. The number of hydrogen-bond acceptors (Lipinski definition) is 2. The molecule has 2 nitrogen and oxygen atoms in total. The van der Waals surface area contributed by atoms with E-state index in [9.17, 15) is 0 Å². The molecule has 0 aliphatic heterocycles. The monoisotopic (exact) mass is 454 g/mol. The molecule has 3 aromatic rings. The average molecular weight is 455 g/mol. The van der Waals surface area contributed by atoms with E-state index in [1.54, 1.807) is 0 Å². The van der Waals surface area contributed by atoms with Crippen LogP contribution in [-0.2, 0) is 22.7 Å². The molecule has 0 spiro atoms. The van der Waals surface area contributed by atoms with Crippen LogP contribution in [0.3, 0.4) is 0 Å². The minimum atomic E-state index is -1.67. The predicted octanol–water partition coefficient (Wildman–Crippen LogP) is 6.52. The number of benzene rings is 3. The zero-order valence-electron chi connectivity index (χ0n) is 19.6. The van der Waals surface area contributed by atoms with Gasteiger partial charge in [0.25, 0.3) is 0 Å². The van der Waals surface area contributed by atoms with E-state index >= 15 is 0 Å². The molecule has 0 radical (unpaired) electrons. The standard InChI is InChI=1S/C30H34O2Si/c1-33(2,28-19-10-5-11-20-28)24-27-18-12-13-21-29(31-22-25-14-6-3-7-15-25)30(27)32-23-26-16-8-4-9-17-26/h3-21,27,29-30H,22-24H2,1-2H3/t27-,29+,30-/m0/s1. The molecule has 0 aromatic heterocycles. The lowest BCUT2D eigenvalue weighted by Gasteiger charge is -2.34. The Morgan fingerprint density at radius 2 is 1.15 bits per heavy atom. The summed E-state index contributed by atoms with van der Waals surface area (Å²) in [5.74, 6) is 0.284. The molecule has 0 saturated carbocycles. The molecule has 4 rings (SSSR count). The minimum absolute atomic E-state index is 0.0422. The maximum absolute atomic E-state index is 6.64. The van der Waals surface area contributed by atoms with Gasteiger partial charge in [0.1, 0.15) is 6.10 Å². The third-order valence-electron chi connectivity index (χ3n) is 6.39. The van der Waals surface area contributed by atoms with Gasteiger partial charge in [-0.05, 0) is 17.2 Å². The fourth-order valence-corrected chi connectivity index (χ4v) is 7.40. The topological polar surface area (TPSA) is 18.5 Å². The van der Waals surface area contributed by atoms with E-state index in [1.165, 1.54) is 16.3 Å². The predicted molar refractivity (Wildman–Crippen MR) is 140 cm³/mol. The molecule has 0 amide bonds. The van der Waals surface area contributed by atoms with E-state index in [0.29, 0.717) is 13.2 Å². The van der Waals surface area contributed by atoms with Gasteiger partial charge in [0, 0.05) is 5.92 Å². The second-order valence-corrected chi connectivity index (χ2v) is 14.2. The molecule has 3 heteroatoms. The molecule has 0 heterocycles. The normalized spacial score (nSPS) is 20.5. The molecule has 1 aliphatic carbocycles. The van der Waals surface area contributed by atoms with Gasteiger partial charge in [-0.1, -0.05) is 134 Å². The Hall–Kier alpha value is -2.72. The number of ether oxygens (including phenoxy) is 2. The Labute approximate surface area is 199 Å². The highest BCUT2D eigenvalue weighted by atomic mass is 28.3. The average Bonchev–Trinajstić information content (AvgIpc) is 3.04. The molecule has 0 saturated heterocycles. The van der Waals surface area contributed by atoms with Crippen molar-refractivity contribution >= 4 is 13.3 Å². The number of rotatable bonds is 9. The first-order valence-electron chi connectivity index (χ1n) is 11.8. The van der Waals surface area contributed by atoms with Crippen molar-refractivity contribution in [3.63, 3.8) is 0 Å². The zero-order valence-corrected chi connectivity index (χ0v) is 20.6. The molecule has 0 unspecified atom stereocenters. The van der Waals surface area contributed by atoms with Gasteiger partial charge in [0.15, 0.2) is 0 Å². The van der Waals surface area contributed by atoms with Crippen molar-refractivity contribution in [1.82, 2.24) is 0 Å². The van der Waals surface area contributed by atoms with E-state index in [2.05, 4.69) is 116 Å². The summed E-state index contributed by atoms with van der Waals surface area (Å²) in [6, 6.07) is 32.9. The van der Waals surface area contributed by atoms with E-state index in [1.807, 2.05) is 12.1 Å². The second kappa shape index (κ2) is 11.4. The first-order chi connectivity index (χ1) is 16.1. The Kier molecular flexibility index (Phi) is 8.11. The van der Waals surface area contributed by atoms with Crippen LogP contribution < -0.4 is 5.19 Å². The Bertz CT molecular complexity index is 1030. The summed E-state index contributed by atoms with van der Waals surface area (Å²) in [5.41, 5.74) is 2.37. The summed E-state index contributed by atoms with van der Waals surface area (Å²) < 4.78 is 13.1. The van der Waals surface area contributed by atoms with E-state index in [4.69, 9.17) is 9.47 Å². The Balaban J connectivity index is 1.55. The van der Waals surface area contributed by atoms with Crippen molar-refractivity contribution in [2.45, 2.75) is 44.6 Å².